The number of nitrogens with one attached hydrogen (secondary N) is 1. The minimum absolute atomic E-state index is 0.0554. The van der Waals surface area contributed by atoms with E-state index in [2.05, 4.69) is 5.32 Å². The first-order chi connectivity index (χ1) is 18.5. The summed E-state index contributed by atoms with van der Waals surface area (Å²) in [6.07, 6.45) is 0. The predicted molar refractivity (Wildman–Crippen MR) is 154 cm³/mol. The highest BCUT2D eigenvalue weighted by Crippen LogP contribution is 2.28. The van der Waals surface area contributed by atoms with Crippen LogP contribution in [0.4, 0.5) is 5.69 Å². The Balaban J connectivity index is 2.05. The number of methoxy groups -OCH3 is 1. The van der Waals surface area contributed by atoms with E-state index in [1.165, 1.54) is 54.5 Å². The van der Waals surface area contributed by atoms with Crippen molar-refractivity contribution in [3.8, 4) is 5.75 Å². The number of carbonyl (C=O) groups is 2. The second-order valence-electron chi connectivity index (χ2n) is 8.50. The van der Waals surface area contributed by atoms with E-state index in [-0.39, 0.29) is 22.2 Å². The summed E-state index contributed by atoms with van der Waals surface area (Å²) in [7, 11) is -2.77. The lowest BCUT2D eigenvalue weighted by atomic mass is 10.1. The van der Waals surface area contributed by atoms with Crippen LogP contribution < -0.4 is 14.4 Å². The highest BCUT2D eigenvalue weighted by molar-refractivity contribution is 7.92. The van der Waals surface area contributed by atoms with Crippen molar-refractivity contribution < 1.29 is 22.7 Å². The van der Waals surface area contributed by atoms with Crippen molar-refractivity contribution >= 4 is 62.3 Å². The molecular weight excluding hydrogens is 585 g/mol. The molecule has 3 aromatic rings. The third-order valence-electron chi connectivity index (χ3n) is 5.90. The molecule has 0 fully saturated rings. The molecule has 0 aliphatic heterocycles. The number of hydrogen-bond donors (Lipinski definition) is 1. The summed E-state index contributed by atoms with van der Waals surface area (Å²) in [6, 6.07) is 15.8. The van der Waals surface area contributed by atoms with E-state index in [9.17, 15) is 18.0 Å². The topological polar surface area (TPSA) is 96.0 Å². The van der Waals surface area contributed by atoms with Crippen LogP contribution in [0, 0.1) is 0 Å². The van der Waals surface area contributed by atoms with Gasteiger partial charge in [0.1, 0.15) is 18.3 Å². The van der Waals surface area contributed by atoms with Gasteiger partial charge < -0.3 is 15.0 Å². The molecule has 0 saturated carbocycles. The number of anilines is 1. The van der Waals surface area contributed by atoms with Gasteiger partial charge in [0.25, 0.3) is 10.0 Å². The van der Waals surface area contributed by atoms with Crippen molar-refractivity contribution in [1.29, 1.82) is 0 Å². The third-order valence-corrected chi connectivity index (χ3v) is 8.51. The summed E-state index contributed by atoms with van der Waals surface area (Å²) in [6.45, 7) is 3.01. The molecule has 0 aliphatic rings. The molecule has 0 radical (unpaired) electrons. The molecule has 1 atom stereocenters. The third kappa shape index (κ3) is 7.57. The maximum absolute atomic E-state index is 13.8. The molecule has 0 aromatic heterocycles. The van der Waals surface area contributed by atoms with E-state index in [0.29, 0.717) is 27.9 Å². The monoisotopic (exact) mass is 611 g/mol. The summed E-state index contributed by atoms with van der Waals surface area (Å²) in [5, 5.41) is 3.71. The Morgan fingerprint density at radius 2 is 1.64 bits per heavy atom. The first-order valence-electron chi connectivity index (χ1n) is 11.9. The maximum atomic E-state index is 13.8. The van der Waals surface area contributed by atoms with Crippen molar-refractivity contribution in [1.82, 2.24) is 10.2 Å². The van der Waals surface area contributed by atoms with Gasteiger partial charge in [-0.05, 0) is 74.0 Å². The van der Waals surface area contributed by atoms with E-state index in [0.717, 1.165) is 4.31 Å². The molecule has 208 valence electrons. The van der Waals surface area contributed by atoms with Crippen molar-refractivity contribution in [3.63, 3.8) is 0 Å². The number of halogens is 3. The number of likely N-dealkylation sites (N-methyl/N-ethyl adjacent to an activating group) is 1. The van der Waals surface area contributed by atoms with E-state index < -0.39 is 34.4 Å². The van der Waals surface area contributed by atoms with Gasteiger partial charge in [0.2, 0.25) is 11.8 Å². The maximum Gasteiger partial charge on any atom is 0.264 e. The molecule has 2 amide bonds. The number of nitrogens with zero attached hydrogens (tertiary/aromatic N) is 2. The average Bonchev–Trinajstić information content (AvgIpc) is 2.90. The second-order valence-corrected chi connectivity index (χ2v) is 11.6. The lowest BCUT2D eigenvalue weighted by Gasteiger charge is -2.32. The molecule has 0 unspecified atom stereocenters. The van der Waals surface area contributed by atoms with Crippen LogP contribution in [0.3, 0.4) is 0 Å². The summed E-state index contributed by atoms with van der Waals surface area (Å²) < 4.78 is 33.7. The lowest BCUT2D eigenvalue weighted by molar-refractivity contribution is -0.139. The average molecular weight is 613 g/mol. The summed E-state index contributed by atoms with van der Waals surface area (Å²) in [5.74, 6) is -0.554. The first kappa shape index (κ1) is 30.6. The van der Waals surface area contributed by atoms with Crippen LogP contribution in [0.2, 0.25) is 15.1 Å². The fourth-order valence-electron chi connectivity index (χ4n) is 3.77. The molecular formula is C27H28Cl3N3O5S. The normalized spacial score (nSPS) is 11.9. The van der Waals surface area contributed by atoms with E-state index in [1.54, 1.807) is 38.1 Å². The number of benzene rings is 3. The van der Waals surface area contributed by atoms with Crippen LogP contribution >= 0.6 is 34.8 Å². The van der Waals surface area contributed by atoms with E-state index in [1.807, 2.05) is 0 Å². The van der Waals surface area contributed by atoms with Gasteiger partial charge in [0.05, 0.1) is 17.7 Å². The fraction of sp³-hybridized carbons (Fsp3) is 0.259. The Morgan fingerprint density at radius 1 is 0.974 bits per heavy atom. The zero-order valence-electron chi connectivity index (χ0n) is 21.5. The van der Waals surface area contributed by atoms with Gasteiger partial charge in [-0.15, -0.1) is 0 Å². The molecule has 0 saturated heterocycles. The number of carbonyl (C=O) groups excluding carboxylic acids is 2. The van der Waals surface area contributed by atoms with Gasteiger partial charge in [-0.3, -0.25) is 13.9 Å². The molecule has 0 aliphatic carbocycles. The van der Waals surface area contributed by atoms with Gasteiger partial charge in [-0.1, -0.05) is 46.9 Å². The Hall–Kier alpha value is -2.98. The smallest absolute Gasteiger partial charge is 0.264 e. The number of ether oxygens (including phenoxy) is 1. The molecule has 12 heteroatoms. The minimum atomic E-state index is -4.24. The zero-order chi connectivity index (χ0) is 28.7. The molecule has 0 spiro atoms. The lowest BCUT2D eigenvalue weighted by Crippen LogP contribution is -2.51. The van der Waals surface area contributed by atoms with E-state index in [4.69, 9.17) is 39.5 Å². The highest BCUT2D eigenvalue weighted by Gasteiger charge is 2.32. The molecule has 39 heavy (non-hydrogen) atoms. The fourth-order valence-corrected chi connectivity index (χ4v) is 5.83. The minimum Gasteiger partial charge on any atom is -0.497 e. The summed E-state index contributed by atoms with van der Waals surface area (Å²) in [5.41, 5.74) is 0.722. The summed E-state index contributed by atoms with van der Waals surface area (Å²) >= 11 is 18.6. The van der Waals surface area contributed by atoms with Gasteiger partial charge in [-0.25, -0.2) is 8.42 Å². The van der Waals surface area contributed by atoms with Gasteiger partial charge in [-0.2, -0.15) is 0 Å². The van der Waals surface area contributed by atoms with Crippen molar-refractivity contribution in [2.45, 2.75) is 31.3 Å². The largest absolute Gasteiger partial charge is 0.497 e. The molecule has 1 N–H and O–H groups in total. The van der Waals surface area contributed by atoms with Crippen molar-refractivity contribution in [2.75, 3.05) is 24.5 Å². The quantitative estimate of drug-likeness (QED) is 0.313. The zero-order valence-corrected chi connectivity index (χ0v) is 24.6. The van der Waals surface area contributed by atoms with Crippen LogP contribution in [0.15, 0.2) is 71.6 Å². The second kappa shape index (κ2) is 13.4. The Bertz CT molecular complexity index is 1430. The number of amides is 2. The Labute approximate surface area is 243 Å². The van der Waals surface area contributed by atoms with Crippen LogP contribution in [0.25, 0.3) is 0 Å². The number of sulfonamides is 1. The molecule has 0 bridgehead atoms. The molecule has 8 nitrogen and oxygen atoms in total. The summed E-state index contributed by atoms with van der Waals surface area (Å²) in [4.78, 5) is 27.8. The van der Waals surface area contributed by atoms with Crippen LogP contribution in [0.1, 0.15) is 19.4 Å². The Morgan fingerprint density at radius 3 is 2.23 bits per heavy atom. The first-order valence-corrected chi connectivity index (χ1v) is 14.5. The predicted octanol–water partition coefficient (Wildman–Crippen LogP) is 5.40. The SMILES string of the molecule is CCNC(=O)[C@@H](C)N(Cc1ccc(Cl)cc1Cl)C(=O)CN(c1cccc(Cl)c1)S(=O)(=O)c1ccc(OC)cc1. The van der Waals surface area contributed by atoms with Crippen LogP contribution in [-0.4, -0.2) is 51.4 Å². The van der Waals surface area contributed by atoms with Crippen molar-refractivity contribution in [3.05, 3.63) is 87.4 Å². The van der Waals surface area contributed by atoms with Crippen molar-refractivity contribution in [2.24, 2.45) is 0 Å². The van der Waals surface area contributed by atoms with Crippen LogP contribution in [-0.2, 0) is 26.2 Å². The van der Waals surface area contributed by atoms with Gasteiger partial charge >= 0.3 is 0 Å². The van der Waals surface area contributed by atoms with E-state index >= 15 is 0 Å². The molecule has 3 rings (SSSR count). The number of rotatable bonds is 11. The molecule has 0 heterocycles. The van der Waals surface area contributed by atoms with Gasteiger partial charge in [0.15, 0.2) is 0 Å². The standard InChI is InChI=1S/C27H28Cl3N3O5S/c1-4-31-27(35)18(2)32(16-19-8-9-21(29)15-25(19)30)26(34)17-33(22-7-5-6-20(28)14-22)39(36,37)24-12-10-23(38-3)11-13-24/h5-15,18H,4,16-17H2,1-3H3,(H,31,35)/t18-/m1/s1. The van der Waals surface area contributed by atoms with Gasteiger partial charge in [0, 0.05) is 28.2 Å². The Kier molecular flexibility index (Phi) is 10.5. The number of hydrogen-bond acceptors (Lipinski definition) is 5. The highest BCUT2D eigenvalue weighted by atomic mass is 35.5. The molecule has 3 aromatic carbocycles. The van der Waals surface area contributed by atoms with Crippen LogP contribution in [0.5, 0.6) is 5.75 Å².